The molecule has 10 heteroatoms. The third kappa shape index (κ3) is 4.78. The number of hydrogen-bond acceptors (Lipinski definition) is 7. The van der Waals surface area contributed by atoms with Crippen molar-refractivity contribution in [3.63, 3.8) is 0 Å². The molecular formula is C28H17ClN4O5. The summed E-state index contributed by atoms with van der Waals surface area (Å²) in [5.74, 6) is -0.950. The number of carbonyl (C=O) groups excluding carboxylic acids is 1. The standard InChI is InChI=1S/C28H17ClN4O5/c29-22-14-6-4-12-20(22)28(35)38-25-19(11-8-16-24(25)33(36)37)17-30-32-26(18-9-2-1-3-10-18)31-23-15-7-5-13-21(23)27(32)34/h1-17H. The fourth-order valence-corrected chi connectivity index (χ4v) is 4.01. The van der Waals surface area contributed by atoms with E-state index < -0.39 is 22.1 Å². The van der Waals surface area contributed by atoms with E-state index in [1.54, 1.807) is 60.7 Å². The van der Waals surface area contributed by atoms with Crippen LogP contribution in [0.5, 0.6) is 5.75 Å². The van der Waals surface area contributed by atoms with Gasteiger partial charge in [0.2, 0.25) is 5.75 Å². The zero-order chi connectivity index (χ0) is 26.6. The molecule has 0 unspecified atom stereocenters. The number of hydrogen-bond donors (Lipinski definition) is 0. The van der Waals surface area contributed by atoms with Gasteiger partial charge in [-0.3, -0.25) is 14.9 Å². The van der Waals surface area contributed by atoms with Crippen molar-refractivity contribution in [3.8, 4) is 17.1 Å². The SMILES string of the molecule is O=C(Oc1c(C=Nn2c(-c3ccccc3)nc3ccccc3c2=O)cccc1[N+](=O)[O-])c1ccccc1Cl. The van der Waals surface area contributed by atoms with Gasteiger partial charge in [0.15, 0.2) is 5.82 Å². The van der Waals surface area contributed by atoms with Crippen molar-refractivity contribution in [1.82, 2.24) is 9.66 Å². The monoisotopic (exact) mass is 524 g/mol. The number of ether oxygens (including phenoxy) is 1. The molecule has 38 heavy (non-hydrogen) atoms. The molecule has 5 aromatic rings. The Morgan fingerprint density at radius 3 is 2.42 bits per heavy atom. The smallest absolute Gasteiger partial charge is 0.345 e. The highest BCUT2D eigenvalue weighted by molar-refractivity contribution is 6.33. The van der Waals surface area contributed by atoms with E-state index in [0.29, 0.717) is 16.5 Å². The number of esters is 1. The van der Waals surface area contributed by atoms with Crippen molar-refractivity contribution in [3.05, 3.63) is 134 Å². The maximum atomic E-state index is 13.4. The Hall–Kier alpha value is -5.15. The summed E-state index contributed by atoms with van der Waals surface area (Å²) >= 11 is 6.10. The van der Waals surface area contributed by atoms with Gasteiger partial charge in [0, 0.05) is 17.2 Å². The molecular weight excluding hydrogens is 508 g/mol. The van der Waals surface area contributed by atoms with Gasteiger partial charge in [-0.05, 0) is 30.3 Å². The molecule has 0 aliphatic rings. The molecule has 0 fully saturated rings. The van der Waals surface area contributed by atoms with Crippen molar-refractivity contribution in [2.45, 2.75) is 0 Å². The maximum Gasteiger partial charge on any atom is 0.345 e. The molecule has 0 saturated carbocycles. The van der Waals surface area contributed by atoms with Crippen LogP contribution in [-0.4, -0.2) is 26.8 Å². The first-order valence-corrected chi connectivity index (χ1v) is 11.7. The molecule has 5 rings (SSSR count). The summed E-state index contributed by atoms with van der Waals surface area (Å²) in [5, 5.41) is 16.6. The minimum absolute atomic E-state index is 0.0384. The Morgan fingerprint density at radius 1 is 0.947 bits per heavy atom. The van der Waals surface area contributed by atoms with E-state index in [4.69, 9.17) is 16.3 Å². The normalized spacial score (nSPS) is 11.1. The van der Waals surface area contributed by atoms with Gasteiger partial charge in [-0.2, -0.15) is 9.78 Å². The molecule has 0 amide bonds. The number of fused-ring (bicyclic) bond motifs is 1. The summed E-state index contributed by atoms with van der Waals surface area (Å²) in [4.78, 5) is 41.9. The van der Waals surface area contributed by atoms with Crippen molar-refractivity contribution in [2.24, 2.45) is 5.10 Å². The first-order chi connectivity index (χ1) is 18.4. The molecule has 0 saturated heterocycles. The molecule has 0 aliphatic carbocycles. The Labute approximate surface area is 220 Å². The molecule has 0 radical (unpaired) electrons. The molecule has 0 atom stereocenters. The fraction of sp³-hybridized carbons (Fsp3) is 0. The van der Waals surface area contributed by atoms with Gasteiger partial charge in [-0.1, -0.05) is 72.3 Å². The second-order valence-electron chi connectivity index (χ2n) is 8.00. The summed E-state index contributed by atoms with van der Waals surface area (Å²) < 4.78 is 6.56. The third-order valence-corrected chi connectivity index (χ3v) is 5.94. The van der Waals surface area contributed by atoms with Crippen LogP contribution in [0.25, 0.3) is 22.3 Å². The molecule has 1 heterocycles. The van der Waals surface area contributed by atoms with Gasteiger partial charge >= 0.3 is 11.7 Å². The van der Waals surface area contributed by atoms with Crippen molar-refractivity contribution < 1.29 is 14.5 Å². The number of nitro groups is 1. The van der Waals surface area contributed by atoms with Crippen LogP contribution in [0, 0.1) is 10.1 Å². The summed E-state index contributed by atoms with van der Waals surface area (Å²) in [5.41, 5.74) is 0.368. The van der Waals surface area contributed by atoms with Crippen LogP contribution in [-0.2, 0) is 0 Å². The number of para-hydroxylation sites is 2. The highest BCUT2D eigenvalue weighted by Gasteiger charge is 2.23. The van der Waals surface area contributed by atoms with Gasteiger partial charge in [0.25, 0.3) is 5.56 Å². The molecule has 0 aliphatic heterocycles. The van der Waals surface area contributed by atoms with Crippen molar-refractivity contribution in [1.29, 1.82) is 0 Å². The lowest BCUT2D eigenvalue weighted by atomic mass is 10.1. The number of rotatable bonds is 6. The van der Waals surface area contributed by atoms with E-state index in [0.717, 1.165) is 4.68 Å². The zero-order valence-corrected chi connectivity index (χ0v) is 20.3. The molecule has 1 aromatic heterocycles. The highest BCUT2D eigenvalue weighted by Crippen LogP contribution is 2.31. The van der Waals surface area contributed by atoms with Crippen LogP contribution in [0.2, 0.25) is 5.02 Å². The van der Waals surface area contributed by atoms with Gasteiger partial charge in [0.1, 0.15) is 0 Å². The largest absolute Gasteiger partial charge is 0.415 e. The topological polar surface area (TPSA) is 117 Å². The Balaban J connectivity index is 1.65. The van der Waals surface area contributed by atoms with Crippen molar-refractivity contribution in [2.75, 3.05) is 0 Å². The van der Waals surface area contributed by atoms with E-state index in [-0.39, 0.29) is 27.7 Å². The van der Waals surface area contributed by atoms with Crippen LogP contribution in [0.3, 0.4) is 0 Å². The quantitative estimate of drug-likeness (QED) is 0.0920. The van der Waals surface area contributed by atoms with Gasteiger partial charge in [-0.15, -0.1) is 0 Å². The molecule has 0 N–H and O–H groups in total. The minimum atomic E-state index is -0.880. The fourth-order valence-electron chi connectivity index (χ4n) is 3.80. The number of benzene rings is 4. The Bertz CT molecular complexity index is 1780. The average molecular weight is 525 g/mol. The maximum absolute atomic E-state index is 13.4. The van der Waals surface area contributed by atoms with E-state index in [2.05, 4.69) is 10.1 Å². The van der Waals surface area contributed by atoms with Crippen LogP contribution < -0.4 is 10.3 Å². The number of nitrogens with zero attached hydrogens (tertiary/aromatic N) is 4. The second kappa shape index (κ2) is 10.5. The van der Waals surface area contributed by atoms with Crippen LogP contribution in [0.15, 0.2) is 107 Å². The first kappa shape index (κ1) is 24.5. The number of carbonyl (C=O) groups is 1. The van der Waals surface area contributed by atoms with Gasteiger partial charge in [-0.25, -0.2) is 9.78 Å². The minimum Gasteiger partial charge on any atom is -0.415 e. The van der Waals surface area contributed by atoms with E-state index in [9.17, 15) is 19.7 Å². The van der Waals surface area contributed by atoms with Crippen molar-refractivity contribution >= 4 is 40.4 Å². The highest BCUT2D eigenvalue weighted by atomic mass is 35.5. The number of aromatic nitrogens is 2. The summed E-state index contributed by atoms with van der Waals surface area (Å²) in [6.45, 7) is 0. The summed E-state index contributed by atoms with van der Waals surface area (Å²) in [6, 6.07) is 26.1. The Kier molecular flexibility index (Phi) is 6.75. The lowest BCUT2D eigenvalue weighted by Gasteiger charge is -2.11. The predicted octanol–water partition coefficient (Wildman–Crippen LogP) is 5.73. The lowest BCUT2D eigenvalue weighted by Crippen LogP contribution is -2.20. The molecule has 0 bridgehead atoms. The number of nitro benzene ring substituents is 1. The molecule has 186 valence electrons. The zero-order valence-electron chi connectivity index (χ0n) is 19.5. The van der Waals surface area contributed by atoms with E-state index in [1.165, 1.54) is 36.5 Å². The molecule has 9 nitrogen and oxygen atoms in total. The van der Waals surface area contributed by atoms with Gasteiger partial charge in [0.05, 0.1) is 32.6 Å². The second-order valence-corrected chi connectivity index (χ2v) is 8.41. The molecule has 4 aromatic carbocycles. The lowest BCUT2D eigenvalue weighted by molar-refractivity contribution is -0.385. The van der Waals surface area contributed by atoms with Gasteiger partial charge < -0.3 is 4.74 Å². The summed E-state index contributed by atoms with van der Waals surface area (Å²) in [7, 11) is 0. The molecule has 0 spiro atoms. The Morgan fingerprint density at radius 2 is 1.66 bits per heavy atom. The van der Waals surface area contributed by atoms with E-state index in [1.807, 2.05) is 6.07 Å². The predicted molar refractivity (Wildman–Crippen MR) is 144 cm³/mol. The van der Waals surface area contributed by atoms with E-state index >= 15 is 0 Å². The summed E-state index contributed by atoms with van der Waals surface area (Å²) in [6.07, 6.45) is 1.21. The van der Waals surface area contributed by atoms with Crippen LogP contribution >= 0.6 is 11.6 Å². The number of halogens is 1. The third-order valence-electron chi connectivity index (χ3n) is 5.61. The van der Waals surface area contributed by atoms with Crippen LogP contribution in [0.4, 0.5) is 5.69 Å². The van der Waals surface area contributed by atoms with Crippen LogP contribution in [0.1, 0.15) is 15.9 Å². The average Bonchev–Trinajstić information content (AvgIpc) is 2.93. The first-order valence-electron chi connectivity index (χ1n) is 11.3.